The summed E-state index contributed by atoms with van der Waals surface area (Å²) >= 11 is 1.60. The minimum atomic E-state index is -0.308. The van der Waals surface area contributed by atoms with Gasteiger partial charge in [0.2, 0.25) is 0 Å². The smallest absolute Gasteiger partial charge is 0.330 e. The lowest BCUT2D eigenvalue weighted by molar-refractivity contribution is -0.0332. The number of aryl methyl sites for hydroxylation is 2. The number of thiazole rings is 1. The SMILES string of the molecule is Cc1csc(C2CN(Cc3cn(C)c(=O)n(C)c3=O)CCO2)n1. The summed E-state index contributed by atoms with van der Waals surface area (Å²) < 4.78 is 8.40. The molecule has 0 spiro atoms. The highest BCUT2D eigenvalue weighted by Crippen LogP contribution is 2.25. The van der Waals surface area contributed by atoms with Crippen molar-refractivity contribution in [3.05, 3.63) is 48.7 Å². The third-order valence-electron chi connectivity index (χ3n) is 3.97. The highest BCUT2D eigenvalue weighted by Gasteiger charge is 2.25. The van der Waals surface area contributed by atoms with Crippen LogP contribution in [0.1, 0.15) is 22.4 Å². The van der Waals surface area contributed by atoms with E-state index in [1.165, 1.54) is 11.6 Å². The molecule has 2 aromatic heterocycles. The minimum absolute atomic E-state index is 0.0566. The molecular weight excluding hydrogens is 316 g/mol. The molecule has 0 radical (unpaired) electrons. The van der Waals surface area contributed by atoms with Gasteiger partial charge in [0.15, 0.2) is 0 Å². The Hall–Kier alpha value is -1.77. The van der Waals surface area contributed by atoms with Gasteiger partial charge in [0.25, 0.3) is 5.56 Å². The van der Waals surface area contributed by atoms with Crippen LogP contribution < -0.4 is 11.2 Å². The van der Waals surface area contributed by atoms with Crippen LogP contribution in [-0.2, 0) is 25.4 Å². The summed E-state index contributed by atoms with van der Waals surface area (Å²) in [6.45, 7) is 4.53. The number of aromatic nitrogens is 3. The largest absolute Gasteiger partial charge is 0.368 e. The van der Waals surface area contributed by atoms with E-state index in [4.69, 9.17) is 4.74 Å². The number of nitrogens with zero attached hydrogens (tertiary/aromatic N) is 4. The maximum Gasteiger partial charge on any atom is 0.330 e. The van der Waals surface area contributed by atoms with Crippen LogP contribution in [0, 0.1) is 6.92 Å². The Bertz CT molecular complexity index is 823. The van der Waals surface area contributed by atoms with E-state index in [1.807, 2.05) is 12.3 Å². The van der Waals surface area contributed by atoms with Gasteiger partial charge < -0.3 is 9.30 Å². The van der Waals surface area contributed by atoms with Crippen molar-refractivity contribution in [1.82, 2.24) is 19.0 Å². The van der Waals surface area contributed by atoms with Crippen molar-refractivity contribution in [3.63, 3.8) is 0 Å². The van der Waals surface area contributed by atoms with Crippen molar-refractivity contribution in [2.75, 3.05) is 19.7 Å². The van der Waals surface area contributed by atoms with Gasteiger partial charge in [-0.1, -0.05) is 0 Å². The lowest BCUT2D eigenvalue weighted by atomic mass is 10.2. The van der Waals surface area contributed by atoms with E-state index >= 15 is 0 Å². The van der Waals surface area contributed by atoms with Crippen LogP contribution in [0.2, 0.25) is 0 Å². The lowest BCUT2D eigenvalue weighted by Gasteiger charge is -2.31. The first kappa shape index (κ1) is 16.1. The summed E-state index contributed by atoms with van der Waals surface area (Å²) in [6.07, 6.45) is 1.57. The van der Waals surface area contributed by atoms with Crippen LogP contribution in [0.4, 0.5) is 0 Å². The molecule has 1 fully saturated rings. The zero-order chi connectivity index (χ0) is 16.6. The third-order valence-corrected chi connectivity index (χ3v) is 5.03. The Morgan fingerprint density at radius 3 is 2.87 bits per heavy atom. The number of morpholine rings is 1. The predicted octanol–water partition coefficient (Wildman–Crippen LogP) is 0.422. The molecule has 0 aliphatic carbocycles. The first-order valence-corrected chi connectivity index (χ1v) is 8.35. The first-order valence-electron chi connectivity index (χ1n) is 7.47. The van der Waals surface area contributed by atoms with Crippen molar-refractivity contribution in [2.45, 2.75) is 19.6 Å². The van der Waals surface area contributed by atoms with Crippen LogP contribution in [0.5, 0.6) is 0 Å². The fourth-order valence-corrected chi connectivity index (χ4v) is 3.58. The summed E-state index contributed by atoms with van der Waals surface area (Å²) in [5.41, 5.74) is 1.07. The van der Waals surface area contributed by atoms with Crippen LogP contribution in [0.3, 0.4) is 0 Å². The average Bonchev–Trinajstić information content (AvgIpc) is 2.97. The van der Waals surface area contributed by atoms with Crippen molar-refractivity contribution in [3.8, 4) is 0 Å². The van der Waals surface area contributed by atoms with Crippen LogP contribution in [0.15, 0.2) is 21.2 Å². The van der Waals surface area contributed by atoms with E-state index in [-0.39, 0.29) is 17.4 Å². The standard InChI is InChI=1S/C15H20N4O3S/c1-10-9-23-13(16-10)12-8-19(4-5-22-12)7-11-6-17(2)15(21)18(3)14(11)20/h6,9,12H,4-5,7-8H2,1-3H3. The second-order valence-corrected chi connectivity index (χ2v) is 6.72. The van der Waals surface area contributed by atoms with E-state index in [1.54, 1.807) is 24.6 Å². The van der Waals surface area contributed by atoms with Crippen LogP contribution in [0.25, 0.3) is 0 Å². The Labute approximate surface area is 137 Å². The normalized spacial score (nSPS) is 19.2. The molecule has 0 N–H and O–H groups in total. The molecule has 2 aromatic rings. The van der Waals surface area contributed by atoms with Gasteiger partial charge in [-0.3, -0.25) is 14.3 Å². The maximum absolute atomic E-state index is 12.3. The topological polar surface area (TPSA) is 69.4 Å². The molecule has 124 valence electrons. The Morgan fingerprint density at radius 2 is 2.17 bits per heavy atom. The Balaban J connectivity index is 1.78. The van der Waals surface area contributed by atoms with Crippen molar-refractivity contribution < 1.29 is 4.74 Å². The van der Waals surface area contributed by atoms with Gasteiger partial charge in [-0.05, 0) is 6.92 Å². The van der Waals surface area contributed by atoms with E-state index in [9.17, 15) is 9.59 Å². The van der Waals surface area contributed by atoms with Crippen molar-refractivity contribution in [2.24, 2.45) is 14.1 Å². The molecule has 1 atom stereocenters. The number of rotatable bonds is 3. The molecule has 8 heteroatoms. The number of ether oxygens (including phenoxy) is 1. The molecule has 3 rings (SSSR count). The van der Waals surface area contributed by atoms with Gasteiger partial charge in [-0.25, -0.2) is 9.78 Å². The molecular formula is C15H20N4O3S. The van der Waals surface area contributed by atoms with E-state index in [2.05, 4.69) is 9.88 Å². The summed E-state index contributed by atoms with van der Waals surface area (Å²) in [4.78, 5) is 30.7. The Morgan fingerprint density at radius 1 is 1.39 bits per heavy atom. The molecule has 0 saturated carbocycles. The molecule has 23 heavy (non-hydrogen) atoms. The van der Waals surface area contributed by atoms with E-state index in [0.29, 0.717) is 25.3 Å². The molecule has 1 saturated heterocycles. The monoisotopic (exact) mass is 336 g/mol. The summed E-state index contributed by atoms with van der Waals surface area (Å²) in [6, 6.07) is 0. The number of hydrogen-bond donors (Lipinski definition) is 0. The molecule has 0 aromatic carbocycles. The molecule has 0 bridgehead atoms. The minimum Gasteiger partial charge on any atom is -0.368 e. The van der Waals surface area contributed by atoms with Gasteiger partial charge in [0.1, 0.15) is 11.1 Å². The van der Waals surface area contributed by atoms with E-state index in [0.717, 1.165) is 21.8 Å². The highest BCUT2D eigenvalue weighted by atomic mass is 32.1. The van der Waals surface area contributed by atoms with Gasteiger partial charge in [0, 0.05) is 56.6 Å². The lowest BCUT2D eigenvalue weighted by Crippen LogP contribution is -2.42. The molecule has 1 aliphatic rings. The zero-order valence-electron chi connectivity index (χ0n) is 13.5. The van der Waals surface area contributed by atoms with Gasteiger partial charge >= 0.3 is 5.69 Å². The highest BCUT2D eigenvalue weighted by molar-refractivity contribution is 7.09. The summed E-state index contributed by atoms with van der Waals surface area (Å²) in [5.74, 6) is 0. The van der Waals surface area contributed by atoms with Crippen LogP contribution in [-0.4, -0.2) is 38.7 Å². The van der Waals surface area contributed by atoms with Gasteiger partial charge in [-0.2, -0.15) is 0 Å². The second-order valence-electron chi connectivity index (χ2n) is 5.83. The van der Waals surface area contributed by atoms with Gasteiger partial charge in [0.05, 0.1) is 6.61 Å². The summed E-state index contributed by atoms with van der Waals surface area (Å²) in [7, 11) is 3.17. The summed E-state index contributed by atoms with van der Waals surface area (Å²) in [5, 5.41) is 2.99. The van der Waals surface area contributed by atoms with Crippen molar-refractivity contribution in [1.29, 1.82) is 0 Å². The number of hydrogen-bond acceptors (Lipinski definition) is 6. The predicted molar refractivity (Wildman–Crippen MR) is 87.7 cm³/mol. The molecule has 3 heterocycles. The van der Waals surface area contributed by atoms with E-state index < -0.39 is 0 Å². The molecule has 1 aliphatic heterocycles. The van der Waals surface area contributed by atoms with Crippen LogP contribution >= 0.6 is 11.3 Å². The third kappa shape index (κ3) is 3.29. The first-order chi connectivity index (χ1) is 11.0. The quantitative estimate of drug-likeness (QED) is 0.813. The maximum atomic E-state index is 12.3. The van der Waals surface area contributed by atoms with Crippen molar-refractivity contribution >= 4 is 11.3 Å². The fourth-order valence-electron chi connectivity index (χ4n) is 2.75. The zero-order valence-corrected chi connectivity index (χ0v) is 14.3. The molecule has 0 amide bonds. The average molecular weight is 336 g/mol. The fraction of sp³-hybridized carbons (Fsp3) is 0.533. The van der Waals surface area contributed by atoms with Gasteiger partial charge in [-0.15, -0.1) is 11.3 Å². The Kier molecular flexibility index (Phi) is 4.47. The molecule has 1 unspecified atom stereocenters. The second kappa shape index (κ2) is 6.38. The molecule has 7 nitrogen and oxygen atoms in total.